The molecule has 0 aliphatic heterocycles. The molecule has 2 aromatic rings. The molecule has 26 heavy (non-hydrogen) atoms. The van der Waals surface area contributed by atoms with E-state index in [0.29, 0.717) is 10.2 Å². The number of para-hydroxylation sites is 2. The van der Waals surface area contributed by atoms with Crippen molar-refractivity contribution in [3.05, 3.63) is 64.1 Å². The normalized spacial score (nSPS) is 10.9. The summed E-state index contributed by atoms with van der Waals surface area (Å²) in [7, 11) is -2.60. The molecule has 0 atom stereocenters. The molecule has 0 saturated heterocycles. The number of hydrogen-bond donors (Lipinski definition) is 2. The lowest BCUT2D eigenvalue weighted by atomic mass is 10.2. The van der Waals surface area contributed by atoms with Crippen molar-refractivity contribution in [2.75, 3.05) is 18.4 Å². The van der Waals surface area contributed by atoms with Crippen LogP contribution >= 0.6 is 27.5 Å². The van der Waals surface area contributed by atoms with Crippen molar-refractivity contribution in [1.29, 1.82) is 0 Å². The Morgan fingerprint density at radius 1 is 1.27 bits per heavy atom. The van der Waals surface area contributed by atoms with E-state index in [2.05, 4.69) is 32.5 Å². The van der Waals surface area contributed by atoms with Crippen LogP contribution in [-0.2, 0) is 10.0 Å². The predicted molar refractivity (Wildman–Crippen MR) is 106 cm³/mol. The quantitative estimate of drug-likeness (QED) is 0.660. The number of ether oxygens (including phenoxy) is 1. The Hall–Kier alpha value is -2.03. The first-order valence-corrected chi connectivity index (χ1v) is 9.97. The van der Waals surface area contributed by atoms with Gasteiger partial charge in [-0.25, -0.2) is 8.42 Å². The summed E-state index contributed by atoms with van der Waals surface area (Å²) in [5.41, 5.74) is 0.417. The van der Waals surface area contributed by atoms with Crippen molar-refractivity contribution in [1.82, 2.24) is 5.32 Å². The maximum absolute atomic E-state index is 12.7. The molecule has 0 fully saturated rings. The molecule has 0 aliphatic carbocycles. The van der Waals surface area contributed by atoms with E-state index < -0.39 is 15.9 Å². The van der Waals surface area contributed by atoms with E-state index in [0.717, 1.165) is 0 Å². The Kier molecular flexibility index (Phi) is 6.69. The smallest absolute Gasteiger partial charge is 0.263 e. The molecule has 0 heterocycles. The Morgan fingerprint density at radius 2 is 1.96 bits per heavy atom. The number of carbonyl (C=O) groups is 1. The fourth-order valence-corrected chi connectivity index (χ4v) is 3.79. The number of halogens is 2. The van der Waals surface area contributed by atoms with Crippen LogP contribution in [-0.4, -0.2) is 28.0 Å². The first-order valence-electron chi connectivity index (χ1n) is 7.31. The van der Waals surface area contributed by atoms with Crippen LogP contribution in [0.3, 0.4) is 0 Å². The van der Waals surface area contributed by atoms with Crippen LogP contribution in [0.15, 0.2) is 58.4 Å². The topological polar surface area (TPSA) is 84.5 Å². The molecule has 0 unspecified atom stereocenters. The lowest BCUT2D eigenvalue weighted by molar-refractivity contribution is 0.0957. The van der Waals surface area contributed by atoms with Crippen LogP contribution in [0.25, 0.3) is 0 Å². The highest BCUT2D eigenvalue weighted by atomic mass is 79.9. The molecule has 0 radical (unpaired) electrons. The fraction of sp³-hybridized carbons (Fsp3) is 0.118. The minimum atomic E-state index is -4.03. The SMILES string of the molecule is C=C(Br)CNC(=O)c1ccc(Cl)c(S(=O)(=O)Nc2ccccc2OC)c1. The maximum atomic E-state index is 12.7. The zero-order valence-corrected chi connectivity index (χ0v) is 16.9. The van der Waals surface area contributed by atoms with E-state index in [-0.39, 0.29) is 27.7 Å². The summed E-state index contributed by atoms with van der Waals surface area (Å²) in [5.74, 6) is -0.0899. The number of benzene rings is 2. The van der Waals surface area contributed by atoms with Gasteiger partial charge in [-0.15, -0.1) is 0 Å². The second kappa shape index (κ2) is 8.57. The minimum Gasteiger partial charge on any atom is -0.495 e. The van der Waals surface area contributed by atoms with Crippen molar-refractivity contribution in [3.8, 4) is 5.75 Å². The van der Waals surface area contributed by atoms with E-state index in [9.17, 15) is 13.2 Å². The second-order valence-corrected chi connectivity index (χ2v) is 8.33. The third-order valence-corrected chi connectivity index (χ3v) is 5.40. The van der Waals surface area contributed by atoms with Crippen LogP contribution < -0.4 is 14.8 Å². The minimum absolute atomic E-state index is 0.00570. The molecule has 0 aromatic heterocycles. The van der Waals surface area contributed by atoms with Crippen LogP contribution in [0.5, 0.6) is 5.75 Å². The van der Waals surface area contributed by atoms with Crippen LogP contribution in [0.4, 0.5) is 5.69 Å². The zero-order valence-electron chi connectivity index (χ0n) is 13.8. The van der Waals surface area contributed by atoms with Gasteiger partial charge in [0.1, 0.15) is 10.6 Å². The summed E-state index contributed by atoms with van der Waals surface area (Å²) in [4.78, 5) is 11.9. The third-order valence-electron chi connectivity index (χ3n) is 3.27. The molecule has 2 rings (SSSR count). The number of hydrogen-bond acceptors (Lipinski definition) is 4. The van der Waals surface area contributed by atoms with E-state index in [1.807, 2.05) is 0 Å². The van der Waals surface area contributed by atoms with E-state index in [1.54, 1.807) is 24.3 Å². The van der Waals surface area contributed by atoms with Crippen LogP contribution in [0.1, 0.15) is 10.4 Å². The highest BCUT2D eigenvalue weighted by Gasteiger charge is 2.21. The molecule has 0 saturated carbocycles. The Bertz CT molecular complexity index is 948. The van der Waals surface area contributed by atoms with Gasteiger partial charge >= 0.3 is 0 Å². The van der Waals surface area contributed by atoms with E-state index in [4.69, 9.17) is 16.3 Å². The van der Waals surface area contributed by atoms with Gasteiger partial charge in [0.2, 0.25) is 0 Å². The molecular formula is C17H16BrClN2O4S. The largest absolute Gasteiger partial charge is 0.495 e. The van der Waals surface area contributed by atoms with Gasteiger partial charge in [-0.2, -0.15) is 0 Å². The van der Waals surface area contributed by atoms with Crippen molar-refractivity contribution in [2.45, 2.75) is 4.90 Å². The summed E-state index contributed by atoms with van der Waals surface area (Å²) < 4.78 is 33.6. The summed E-state index contributed by atoms with van der Waals surface area (Å²) in [6, 6.07) is 10.6. The molecule has 0 aliphatic rings. The molecule has 0 bridgehead atoms. The summed E-state index contributed by atoms with van der Waals surface area (Å²) >= 11 is 9.18. The Balaban J connectivity index is 2.35. The number of sulfonamides is 1. The molecule has 2 N–H and O–H groups in total. The first-order chi connectivity index (χ1) is 12.2. The van der Waals surface area contributed by atoms with E-state index in [1.165, 1.54) is 25.3 Å². The summed E-state index contributed by atoms with van der Waals surface area (Å²) in [5, 5.41) is 2.60. The number of methoxy groups -OCH3 is 1. The average Bonchev–Trinajstić information content (AvgIpc) is 2.60. The highest BCUT2D eigenvalue weighted by Crippen LogP contribution is 2.29. The van der Waals surface area contributed by atoms with Crippen molar-refractivity contribution in [3.63, 3.8) is 0 Å². The molecule has 9 heteroatoms. The summed E-state index contributed by atoms with van der Waals surface area (Å²) in [6.07, 6.45) is 0. The van der Waals surface area contributed by atoms with Crippen molar-refractivity contribution in [2.24, 2.45) is 0 Å². The monoisotopic (exact) mass is 458 g/mol. The van der Waals surface area contributed by atoms with Gasteiger partial charge in [-0.05, 0) is 30.3 Å². The second-order valence-electron chi connectivity index (χ2n) is 5.15. The standard InChI is InChI=1S/C17H16BrClN2O4S/c1-11(18)10-20-17(22)12-7-8-13(19)16(9-12)26(23,24)21-14-5-3-4-6-15(14)25-2/h3-9,21H,1,10H2,2H3,(H,20,22). The van der Waals surface area contributed by atoms with Gasteiger partial charge in [0, 0.05) is 16.6 Å². The van der Waals surface area contributed by atoms with E-state index >= 15 is 0 Å². The highest BCUT2D eigenvalue weighted by molar-refractivity contribution is 9.11. The molecule has 1 amide bonds. The summed E-state index contributed by atoms with van der Waals surface area (Å²) in [6.45, 7) is 3.83. The third kappa shape index (κ3) is 5.00. The Morgan fingerprint density at radius 3 is 2.62 bits per heavy atom. The molecular weight excluding hydrogens is 444 g/mol. The first kappa shape index (κ1) is 20.3. The predicted octanol–water partition coefficient (Wildman–Crippen LogP) is 3.79. The lowest BCUT2D eigenvalue weighted by Gasteiger charge is -2.13. The van der Waals surface area contributed by atoms with Gasteiger partial charge < -0.3 is 10.1 Å². The molecule has 0 spiro atoms. The van der Waals surface area contributed by atoms with Gasteiger partial charge in [0.05, 0.1) is 17.8 Å². The van der Waals surface area contributed by atoms with Gasteiger partial charge in [0.25, 0.3) is 15.9 Å². The molecule has 138 valence electrons. The van der Waals surface area contributed by atoms with Gasteiger partial charge in [-0.1, -0.05) is 46.2 Å². The number of anilines is 1. The van der Waals surface area contributed by atoms with Crippen LogP contribution in [0.2, 0.25) is 5.02 Å². The zero-order chi connectivity index (χ0) is 19.3. The van der Waals surface area contributed by atoms with Crippen molar-refractivity contribution >= 4 is 49.1 Å². The van der Waals surface area contributed by atoms with Crippen molar-refractivity contribution < 1.29 is 17.9 Å². The fourth-order valence-electron chi connectivity index (χ4n) is 2.06. The average molecular weight is 460 g/mol. The number of nitrogens with one attached hydrogen (secondary N) is 2. The molecule has 6 nitrogen and oxygen atoms in total. The van der Waals surface area contributed by atoms with Crippen LogP contribution in [0, 0.1) is 0 Å². The lowest BCUT2D eigenvalue weighted by Crippen LogP contribution is -2.25. The Labute approximate surface area is 165 Å². The maximum Gasteiger partial charge on any atom is 0.263 e. The van der Waals surface area contributed by atoms with Gasteiger partial charge in [0.15, 0.2) is 0 Å². The van der Waals surface area contributed by atoms with Gasteiger partial charge in [-0.3, -0.25) is 9.52 Å². The number of amides is 1. The number of carbonyl (C=O) groups excluding carboxylic acids is 1. The molecule has 2 aromatic carbocycles. The number of rotatable bonds is 7.